The Bertz CT molecular complexity index is 670. The molecular formula is C12H12N6. The van der Waals surface area contributed by atoms with E-state index in [1.165, 1.54) is 6.33 Å². The molecule has 0 fully saturated rings. The Balaban J connectivity index is 1.89. The van der Waals surface area contributed by atoms with Crippen LogP contribution in [0.3, 0.4) is 0 Å². The number of imidazole rings is 1. The van der Waals surface area contributed by atoms with Gasteiger partial charge in [0.05, 0.1) is 11.9 Å². The Hall–Kier alpha value is -2.50. The third-order valence-electron chi connectivity index (χ3n) is 2.74. The molecule has 3 aromatic rings. The van der Waals surface area contributed by atoms with E-state index in [2.05, 4.69) is 25.3 Å². The van der Waals surface area contributed by atoms with Gasteiger partial charge in [0.15, 0.2) is 5.65 Å². The highest BCUT2D eigenvalue weighted by atomic mass is 15.1. The van der Waals surface area contributed by atoms with E-state index in [4.69, 9.17) is 0 Å². The highest BCUT2D eigenvalue weighted by Crippen LogP contribution is 2.16. The van der Waals surface area contributed by atoms with Crippen molar-refractivity contribution in [1.82, 2.24) is 24.5 Å². The Morgan fingerprint density at radius 3 is 2.94 bits per heavy atom. The summed E-state index contributed by atoms with van der Waals surface area (Å²) in [5, 5.41) is 4.17. The lowest BCUT2D eigenvalue weighted by atomic mass is 10.3. The van der Waals surface area contributed by atoms with Gasteiger partial charge in [0, 0.05) is 25.6 Å². The first-order chi connectivity index (χ1) is 8.84. The minimum Gasteiger partial charge on any atom is -0.362 e. The summed E-state index contributed by atoms with van der Waals surface area (Å²) in [6.45, 7) is 0.616. The number of nitrogens with one attached hydrogen (secondary N) is 1. The monoisotopic (exact) mass is 240 g/mol. The normalized spacial score (nSPS) is 10.7. The van der Waals surface area contributed by atoms with Gasteiger partial charge in [-0.05, 0) is 12.1 Å². The molecule has 18 heavy (non-hydrogen) atoms. The molecule has 0 bridgehead atoms. The number of hydrogen-bond acceptors (Lipinski definition) is 5. The van der Waals surface area contributed by atoms with Crippen molar-refractivity contribution in [2.24, 2.45) is 7.05 Å². The first-order valence-corrected chi connectivity index (χ1v) is 5.60. The zero-order valence-corrected chi connectivity index (χ0v) is 9.91. The molecule has 0 saturated heterocycles. The van der Waals surface area contributed by atoms with Crippen molar-refractivity contribution < 1.29 is 0 Å². The van der Waals surface area contributed by atoms with Crippen molar-refractivity contribution in [2.75, 3.05) is 5.32 Å². The molecule has 1 N–H and O–H groups in total. The Labute approximate surface area is 104 Å². The fourth-order valence-electron chi connectivity index (χ4n) is 1.77. The van der Waals surface area contributed by atoms with Gasteiger partial charge in [-0.2, -0.15) is 0 Å². The zero-order valence-electron chi connectivity index (χ0n) is 9.91. The van der Waals surface area contributed by atoms with E-state index in [1.54, 1.807) is 12.4 Å². The quantitative estimate of drug-likeness (QED) is 0.748. The van der Waals surface area contributed by atoms with Crippen LogP contribution in [0.25, 0.3) is 11.0 Å². The van der Waals surface area contributed by atoms with Crippen molar-refractivity contribution in [3.63, 3.8) is 0 Å². The van der Waals surface area contributed by atoms with E-state index in [0.29, 0.717) is 12.2 Å². The van der Waals surface area contributed by atoms with Gasteiger partial charge in [-0.3, -0.25) is 0 Å². The predicted molar refractivity (Wildman–Crippen MR) is 67.9 cm³/mol. The van der Waals surface area contributed by atoms with Gasteiger partial charge in [0.2, 0.25) is 0 Å². The van der Waals surface area contributed by atoms with Crippen molar-refractivity contribution >= 4 is 16.9 Å². The number of fused-ring (bicyclic) bond motifs is 1. The number of nitrogens with zero attached hydrogens (tertiary/aromatic N) is 5. The topological polar surface area (TPSA) is 68.5 Å². The largest absolute Gasteiger partial charge is 0.362 e. The average Bonchev–Trinajstić information content (AvgIpc) is 2.82. The molecule has 0 unspecified atom stereocenters. The molecule has 6 heteroatoms. The van der Waals surface area contributed by atoms with E-state index in [-0.39, 0.29) is 0 Å². The molecule has 0 aliphatic rings. The number of aryl methyl sites for hydroxylation is 1. The average molecular weight is 240 g/mol. The van der Waals surface area contributed by atoms with Crippen LogP contribution in [0.15, 0.2) is 37.1 Å². The summed E-state index contributed by atoms with van der Waals surface area (Å²) < 4.78 is 1.97. The summed E-state index contributed by atoms with van der Waals surface area (Å²) >= 11 is 0. The number of aromatic nitrogens is 5. The number of anilines is 1. The maximum absolute atomic E-state index is 4.25. The summed E-state index contributed by atoms with van der Waals surface area (Å²) in [4.78, 5) is 16.8. The van der Waals surface area contributed by atoms with E-state index in [9.17, 15) is 0 Å². The molecule has 0 spiro atoms. The van der Waals surface area contributed by atoms with Crippen LogP contribution in [0.2, 0.25) is 0 Å². The molecule has 0 aliphatic heterocycles. The minimum atomic E-state index is 0.616. The molecule has 3 rings (SSSR count). The van der Waals surface area contributed by atoms with Gasteiger partial charge in [-0.25, -0.2) is 19.9 Å². The maximum atomic E-state index is 4.25. The Morgan fingerprint density at radius 2 is 2.11 bits per heavy atom. The number of hydrogen-bond donors (Lipinski definition) is 1. The highest BCUT2D eigenvalue weighted by molar-refractivity contribution is 5.85. The van der Waals surface area contributed by atoms with E-state index in [0.717, 1.165) is 17.0 Å². The lowest BCUT2D eigenvalue weighted by Gasteiger charge is -2.07. The molecule has 6 nitrogen and oxygen atoms in total. The summed E-state index contributed by atoms with van der Waals surface area (Å²) in [6.07, 6.45) is 6.92. The van der Waals surface area contributed by atoms with Crippen LogP contribution in [0.5, 0.6) is 0 Å². The molecule has 0 aromatic carbocycles. The zero-order chi connectivity index (χ0) is 12.4. The van der Waals surface area contributed by atoms with E-state index < -0.39 is 0 Å². The second-order valence-electron chi connectivity index (χ2n) is 3.90. The van der Waals surface area contributed by atoms with Gasteiger partial charge in [-0.15, -0.1) is 0 Å². The second-order valence-corrected chi connectivity index (χ2v) is 3.90. The van der Waals surface area contributed by atoms with Gasteiger partial charge in [0.1, 0.15) is 18.0 Å². The fourth-order valence-corrected chi connectivity index (χ4v) is 1.77. The van der Waals surface area contributed by atoms with Crippen LogP contribution < -0.4 is 5.32 Å². The maximum Gasteiger partial charge on any atom is 0.164 e. The highest BCUT2D eigenvalue weighted by Gasteiger charge is 2.04. The lowest BCUT2D eigenvalue weighted by Crippen LogP contribution is -2.07. The first-order valence-electron chi connectivity index (χ1n) is 5.60. The molecule has 0 amide bonds. The lowest BCUT2D eigenvalue weighted by molar-refractivity contribution is 0.811. The van der Waals surface area contributed by atoms with Crippen molar-refractivity contribution in [2.45, 2.75) is 6.54 Å². The van der Waals surface area contributed by atoms with Gasteiger partial charge < -0.3 is 9.88 Å². The van der Waals surface area contributed by atoms with Crippen molar-refractivity contribution in [3.8, 4) is 0 Å². The third kappa shape index (κ3) is 1.88. The summed E-state index contributed by atoms with van der Waals surface area (Å²) in [5.74, 6) is 1.72. The van der Waals surface area contributed by atoms with Crippen LogP contribution in [-0.2, 0) is 13.6 Å². The summed E-state index contributed by atoms with van der Waals surface area (Å²) in [5.41, 5.74) is 0.690. The number of rotatable bonds is 3. The molecule has 0 radical (unpaired) electrons. The van der Waals surface area contributed by atoms with Crippen LogP contribution in [0, 0.1) is 0 Å². The molecular weight excluding hydrogens is 228 g/mol. The van der Waals surface area contributed by atoms with Crippen molar-refractivity contribution in [1.29, 1.82) is 0 Å². The van der Waals surface area contributed by atoms with Gasteiger partial charge in [-0.1, -0.05) is 0 Å². The first kappa shape index (κ1) is 10.6. The van der Waals surface area contributed by atoms with Crippen LogP contribution >= 0.6 is 0 Å². The minimum absolute atomic E-state index is 0.616. The smallest absolute Gasteiger partial charge is 0.164 e. The summed E-state index contributed by atoms with van der Waals surface area (Å²) in [7, 11) is 1.96. The fraction of sp³-hybridized carbons (Fsp3) is 0.167. The van der Waals surface area contributed by atoms with Gasteiger partial charge in [0.25, 0.3) is 0 Å². The van der Waals surface area contributed by atoms with Gasteiger partial charge >= 0.3 is 0 Å². The standard InChI is InChI=1S/C12H12N6/c1-18-6-5-13-10(18)7-15-12-9-3-2-4-14-11(9)16-8-17-12/h2-6,8H,7H2,1H3,(H,14,15,16,17). The van der Waals surface area contributed by atoms with Crippen LogP contribution in [0.1, 0.15) is 5.82 Å². The van der Waals surface area contributed by atoms with Crippen molar-refractivity contribution in [3.05, 3.63) is 42.9 Å². The van der Waals surface area contributed by atoms with E-state index in [1.807, 2.05) is 29.9 Å². The molecule has 3 aromatic heterocycles. The molecule has 0 aliphatic carbocycles. The Kier molecular flexibility index (Phi) is 2.60. The SMILES string of the molecule is Cn1ccnc1CNc1ncnc2ncccc12. The number of pyridine rings is 1. The van der Waals surface area contributed by atoms with Crippen LogP contribution in [-0.4, -0.2) is 24.5 Å². The summed E-state index contributed by atoms with van der Waals surface area (Å²) in [6, 6.07) is 3.82. The Morgan fingerprint density at radius 1 is 1.17 bits per heavy atom. The van der Waals surface area contributed by atoms with Crippen LogP contribution in [0.4, 0.5) is 5.82 Å². The molecule has 3 heterocycles. The molecule has 0 atom stereocenters. The second kappa shape index (κ2) is 4.40. The predicted octanol–water partition coefficient (Wildman–Crippen LogP) is 1.37. The third-order valence-corrected chi connectivity index (χ3v) is 2.74. The molecule has 90 valence electrons. The van der Waals surface area contributed by atoms with E-state index >= 15 is 0 Å². The molecule has 0 saturated carbocycles.